The molecule has 4 aliphatic heterocycles. The number of aromatic nitrogens is 2. The highest BCUT2D eigenvalue weighted by molar-refractivity contribution is 5.90. The molecule has 6 heterocycles. The van der Waals surface area contributed by atoms with Gasteiger partial charge in [0.1, 0.15) is 17.6 Å². The van der Waals surface area contributed by atoms with Crippen LogP contribution in [-0.4, -0.2) is 68.6 Å². The van der Waals surface area contributed by atoms with Crippen LogP contribution >= 0.6 is 0 Å². The second kappa shape index (κ2) is 9.54. The van der Waals surface area contributed by atoms with Gasteiger partial charge in [-0.3, -0.25) is 9.80 Å². The second-order valence-electron chi connectivity index (χ2n) is 12.6. The monoisotopic (exact) mass is 561 g/mol. The Morgan fingerprint density at radius 1 is 0.929 bits per heavy atom. The molecule has 42 heavy (non-hydrogen) atoms. The van der Waals surface area contributed by atoms with E-state index in [0.29, 0.717) is 17.9 Å². The lowest BCUT2D eigenvalue weighted by Gasteiger charge is -2.40. The molecule has 0 aliphatic carbocycles. The number of aliphatic hydroxyl groups excluding tert-OH is 1. The summed E-state index contributed by atoms with van der Waals surface area (Å²) < 4.78 is 0. The van der Waals surface area contributed by atoms with Crippen molar-refractivity contribution in [3.8, 4) is 5.75 Å². The molecule has 7 nitrogen and oxygen atoms in total. The molecule has 0 amide bonds. The Morgan fingerprint density at radius 2 is 1.74 bits per heavy atom. The zero-order chi connectivity index (χ0) is 28.7. The van der Waals surface area contributed by atoms with Crippen LogP contribution in [-0.2, 0) is 12.8 Å². The number of allylic oxidation sites excluding steroid dienone is 2. The number of phenolic OH excluding ortho intramolecular Hbond substituents is 1. The Balaban J connectivity index is 1.24. The first kappa shape index (κ1) is 25.7. The fourth-order valence-corrected chi connectivity index (χ4v) is 8.29. The quantitative estimate of drug-likeness (QED) is 0.228. The molecule has 4 N–H and O–H groups in total. The normalized spacial score (nSPS) is 24.7. The first-order chi connectivity index (χ1) is 20.4. The third-order valence-corrected chi connectivity index (χ3v) is 10.5. The molecule has 3 atom stereocenters. The van der Waals surface area contributed by atoms with Gasteiger partial charge < -0.3 is 25.1 Å². The van der Waals surface area contributed by atoms with Gasteiger partial charge in [-0.1, -0.05) is 30.9 Å². The summed E-state index contributed by atoms with van der Waals surface area (Å²) in [5.74, 6) is 0.754. The van der Waals surface area contributed by atoms with Crippen molar-refractivity contribution in [2.24, 2.45) is 0 Å². The number of H-pyrrole nitrogens is 2. The van der Waals surface area contributed by atoms with Crippen LogP contribution in [0.3, 0.4) is 0 Å². The molecular weight excluding hydrogens is 522 g/mol. The van der Waals surface area contributed by atoms with Crippen molar-refractivity contribution in [3.63, 3.8) is 0 Å². The van der Waals surface area contributed by atoms with Gasteiger partial charge in [0.25, 0.3) is 0 Å². The Hall–Kier alpha value is -3.94. The molecule has 216 valence electrons. The molecule has 0 radical (unpaired) electrons. The van der Waals surface area contributed by atoms with E-state index in [1.807, 2.05) is 12.1 Å². The van der Waals surface area contributed by atoms with Gasteiger partial charge in [0.2, 0.25) is 0 Å². The molecule has 0 spiro atoms. The van der Waals surface area contributed by atoms with E-state index in [4.69, 9.17) is 0 Å². The molecule has 3 unspecified atom stereocenters. The second-order valence-corrected chi connectivity index (χ2v) is 12.6. The van der Waals surface area contributed by atoms with Gasteiger partial charge in [-0.25, -0.2) is 0 Å². The lowest BCUT2D eigenvalue weighted by Crippen LogP contribution is -2.37. The number of benzene rings is 2. The maximum Gasteiger partial charge on any atom is 0.127 e. The van der Waals surface area contributed by atoms with E-state index >= 15 is 0 Å². The maximum atomic E-state index is 12.2. The summed E-state index contributed by atoms with van der Waals surface area (Å²) in [6, 6.07) is 12.5. The maximum absolute atomic E-state index is 12.2. The number of para-hydroxylation sites is 1. The minimum absolute atomic E-state index is 0.125. The number of fused-ring (bicyclic) bond motifs is 8. The number of phenols is 1. The Labute approximate surface area is 246 Å². The lowest BCUT2D eigenvalue weighted by atomic mass is 9.85. The molecule has 8 rings (SSSR count). The molecule has 4 aliphatic rings. The largest absolute Gasteiger partial charge is 0.509 e. The summed E-state index contributed by atoms with van der Waals surface area (Å²) >= 11 is 0. The predicted octanol–water partition coefficient (Wildman–Crippen LogP) is 6.54. The number of nitrogens with one attached hydrogen (secondary N) is 2. The highest BCUT2D eigenvalue weighted by Gasteiger charge is 2.39. The number of rotatable bonds is 4. The van der Waals surface area contributed by atoms with E-state index in [2.05, 4.69) is 81.9 Å². The lowest BCUT2D eigenvalue weighted by molar-refractivity contribution is 0.197. The molecule has 2 aromatic heterocycles. The third-order valence-electron chi connectivity index (χ3n) is 10.5. The number of hydrogen-bond acceptors (Lipinski definition) is 5. The summed E-state index contributed by atoms with van der Waals surface area (Å²) in [5.41, 5.74) is 10.1. The van der Waals surface area contributed by atoms with Gasteiger partial charge in [0.15, 0.2) is 0 Å². The number of likely N-dealkylation sites (N-methyl/N-ethyl adjacent to an activating group) is 1. The first-order valence-electron chi connectivity index (χ1n) is 15.3. The van der Waals surface area contributed by atoms with Crippen LogP contribution in [0.2, 0.25) is 0 Å². The van der Waals surface area contributed by atoms with Gasteiger partial charge in [-0.15, -0.1) is 0 Å². The fraction of sp³-hybridized carbons (Fsp3) is 0.371. The standard InChI is InChI=1S/C35H39N5O2/c1-4-20-19-40-17-14-24-22-11-12-29(41)30(27-10-7-15-38(27)2)32(22)37-33(24)34(40)35(42)25(20)18-28-31-23(13-16-39(28)3)21-8-5-6-9-26(21)36-31/h4-6,8-9,11-12,19,27-28,34,36-37,41-42H,1,7,10,13-18H2,2-3H3. The molecule has 7 heteroatoms. The zero-order valence-electron chi connectivity index (χ0n) is 24.5. The van der Waals surface area contributed by atoms with E-state index in [0.717, 1.165) is 73.2 Å². The smallest absolute Gasteiger partial charge is 0.127 e. The van der Waals surface area contributed by atoms with Gasteiger partial charge in [0.05, 0.1) is 11.6 Å². The van der Waals surface area contributed by atoms with Crippen molar-refractivity contribution in [3.05, 3.63) is 100 Å². The van der Waals surface area contributed by atoms with Crippen LogP contribution in [0.4, 0.5) is 0 Å². The summed E-state index contributed by atoms with van der Waals surface area (Å²) in [6.07, 6.45) is 8.84. The van der Waals surface area contributed by atoms with Crippen molar-refractivity contribution in [2.75, 3.05) is 33.7 Å². The average molecular weight is 562 g/mol. The molecule has 1 saturated heterocycles. The molecule has 0 bridgehead atoms. The van der Waals surface area contributed by atoms with Crippen molar-refractivity contribution < 1.29 is 10.2 Å². The molecular formula is C35H39N5O2. The van der Waals surface area contributed by atoms with Crippen molar-refractivity contribution in [1.82, 2.24) is 24.7 Å². The average Bonchev–Trinajstić information content (AvgIpc) is 3.70. The van der Waals surface area contributed by atoms with Crippen LogP contribution in [0.1, 0.15) is 65.5 Å². The summed E-state index contributed by atoms with van der Waals surface area (Å²) in [5, 5.41) is 25.7. The van der Waals surface area contributed by atoms with Gasteiger partial charge >= 0.3 is 0 Å². The number of likely N-dealkylation sites (tertiary alicyclic amines) is 1. The highest BCUT2D eigenvalue weighted by atomic mass is 16.3. The van der Waals surface area contributed by atoms with Crippen molar-refractivity contribution in [1.29, 1.82) is 0 Å². The Morgan fingerprint density at radius 3 is 2.55 bits per heavy atom. The van der Waals surface area contributed by atoms with E-state index < -0.39 is 0 Å². The molecule has 0 saturated carbocycles. The van der Waals surface area contributed by atoms with Crippen LogP contribution in [0.15, 0.2) is 72.2 Å². The van der Waals surface area contributed by atoms with Gasteiger partial charge in [0, 0.05) is 64.1 Å². The summed E-state index contributed by atoms with van der Waals surface area (Å²) in [6.45, 7) is 6.97. The van der Waals surface area contributed by atoms with Crippen LogP contribution in [0.25, 0.3) is 21.8 Å². The minimum atomic E-state index is -0.285. The molecule has 4 aromatic rings. The number of nitrogens with zero attached hydrogens (tertiary/aromatic N) is 3. The highest BCUT2D eigenvalue weighted by Crippen LogP contribution is 2.48. The molecule has 1 fully saturated rings. The number of hydrogen-bond donors (Lipinski definition) is 4. The van der Waals surface area contributed by atoms with Gasteiger partial charge in [-0.05, 0) is 87.6 Å². The number of aromatic hydroxyl groups is 1. The Kier molecular flexibility index (Phi) is 5.85. The van der Waals surface area contributed by atoms with Gasteiger partial charge in [-0.2, -0.15) is 0 Å². The van der Waals surface area contributed by atoms with Crippen LogP contribution in [0.5, 0.6) is 5.75 Å². The molecule has 2 aromatic carbocycles. The Bertz CT molecular complexity index is 1810. The summed E-state index contributed by atoms with van der Waals surface area (Å²) in [7, 11) is 4.33. The zero-order valence-corrected chi connectivity index (χ0v) is 24.5. The van der Waals surface area contributed by atoms with E-state index in [-0.39, 0.29) is 18.1 Å². The van der Waals surface area contributed by atoms with E-state index in [1.165, 1.54) is 33.1 Å². The summed E-state index contributed by atoms with van der Waals surface area (Å²) in [4.78, 5) is 14.5. The topological polar surface area (TPSA) is 81.8 Å². The first-order valence-corrected chi connectivity index (χ1v) is 15.3. The SMILES string of the molecule is C=CC1=CN2CCc3c([nH]c4c(C5CCCN5C)c(O)ccc34)C2C(O)=C1CC1c2[nH]c3ccccc3c2CCN1C. The third kappa shape index (κ3) is 3.66. The number of aliphatic hydroxyl groups is 1. The fourth-order valence-electron chi connectivity index (χ4n) is 8.29. The predicted molar refractivity (Wildman–Crippen MR) is 168 cm³/mol. The minimum Gasteiger partial charge on any atom is -0.509 e. The van der Waals surface area contributed by atoms with E-state index in [9.17, 15) is 10.2 Å². The van der Waals surface area contributed by atoms with Crippen molar-refractivity contribution >= 4 is 21.8 Å². The van der Waals surface area contributed by atoms with Crippen molar-refractivity contribution in [2.45, 2.75) is 50.2 Å². The van der Waals surface area contributed by atoms with Crippen LogP contribution in [0, 0.1) is 0 Å². The number of aromatic amines is 2. The van der Waals surface area contributed by atoms with Crippen LogP contribution < -0.4 is 0 Å². The van der Waals surface area contributed by atoms with E-state index in [1.54, 1.807) is 0 Å².